The van der Waals surface area contributed by atoms with Gasteiger partial charge in [-0.1, -0.05) is 36.9 Å². The summed E-state index contributed by atoms with van der Waals surface area (Å²) in [6, 6.07) is 8.06. The molecule has 4 aromatic rings. The highest BCUT2D eigenvalue weighted by molar-refractivity contribution is 8.00. The van der Waals surface area contributed by atoms with Crippen molar-refractivity contribution in [2.24, 2.45) is 0 Å². The van der Waals surface area contributed by atoms with Gasteiger partial charge >= 0.3 is 5.97 Å². The lowest BCUT2D eigenvalue weighted by Gasteiger charge is -2.14. The number of amides is 1. The number of fused-ring (bicyclic) bond motifs is 4. The molecule has 0 unspecified atom stereocenters. The summed E-state index contributed by atoms with van der Waals surface area (Å²) in [6.07, 6.45) is 4.48. The van der Waals surface area contributed by atoms with Crippen molar-refractivity contribution in [3.8, 4) is 0 Å². The fourth-order valence-electron chi connectivity index (χ4n) is 4.77. The molecule has 8 nitrogen and oxygen atoms in total. The molecule has 0 aliphatic heterocycles. The van der Waals surface area contributed by atoms with Crippen molar-refractivity contribution < 1.29 is 14.3 Å². The monoisotopic (exact) mass is 523 g/mol. The highest BCUT2D eigenvalue weighted by Crippen LogP contribution is 2.39. The van der Waals surface area contributed by atoms with Crippen LogP contribution < -0.4 is 5.32 Å². The van der Waals surface area contributed by atoms with Crippen LogP contribution in [0.2, 0.25) is 0 Å². The maximum Gasteiger partial charge on any atom is 0.341 e. The first-order valence-corrected chi connectivity index (χ1v) is 14.2. The minimum Gasteiger partial charge on any atom is -0.462 e. The second kappa shape index (κ2) is 10.6. The van der Waals surface area contributed by atoms with Crippen molar-refractivity contribution in [3.63, 3.8) is 0 Å². The number of rotatable bonds is 8. The maximum atomic E-state index is 13.4. The number of nitrogens with zero attached hydrogens (tertiary/aromatic N) is 4. The van der Waals surface area contributed by atoms with Crippen LogP contribution in [0.25, 0.3) is 22.1 Å². The molecule has 0 saturated heterocycles. The van der Waals surface area contributed by atoms with Gasteiger partial charge in [-0.25, -0.2) is 9.78 Å². The van der Waals surface area contributed by atoms with E-state index in [1.807, 2.05) is 25.1 Å². The van der Waals surface area contributed by atoms with E-state index in [2.05, 4.69) is 33.1 Å². The van der Waals surface area contributed by atoms with E-state index in [0.717, 1.165) is 59.9 Å². The number of ether oxygens (including phenoxy) is 1. The van der Waals surface area contributed by atoms with Crippen LogP contribution in [-0.4, -0.2) is 43.5 Å². The van der Waals surface area contributed by atoms with Crippen LogP contribution in [0, 0.1) is 0 Å². The second-order valence-electron chi connectivity index (χ2n) is 8.67. The van der Waals surface area contributed by atoms with Gasteiger partial charge in [-0.2, -0.15) is 0 Å². The number of hydrogen-bond acceptors (Lipinski definition) is 8. The summed E-state index contributed by atoms with van der Waals surface area (Å²) in [7, 11) is 0. The molecular weight excluding hydrogens is 494 g/mol. The first kappa shape index (κ1) is 24.7. The predicted octanol–water partition coefficient (Wildman–Crippen LogP) is 5.63. The van der Waals surface area contributed by atoms with Crippen molar-refractivity contribution in [2.45, 2.75) is 69.8 Å². The van der Waals surface area contributed by atoms with Crippen LogP contribution in [0.1, 0.15) is 60.8 Å². The van der Waals surface area contributed by atoms with Crippen molar-refractivity contribution in [1.29, 1.82) is 0 Å². The Labute approximate surface area is 217 Å². The predicted molar refractivity (Wildman–Crippen MR) is 144 cm³/mol. The molecule has 1 aliphatic rings. The van der Waals surface area contributed by atoms with E-state index >= 15 is 0 Å². The quantitative estimate of drug-likeness (QED) is 0.236. The molecule has 1 amide bonds. The van der Waals surface area contributed by atoms with Crippen LogP contribution in [0.15, 0.2) is 29.4 Å². The first-order chi connectivity index (χ1) is 17.5. The number of aryl methyl sites for hydroxylation is 2. The molecule has 0 spiro atoms. The van der Waals surface area contributed by atoms with E-state index in [1.54, 1.807) is 6.92 Å². The van der Waals surface area contributed by atoms with E-state index in [-0.39, 0.29) is 11.9 Å². The Hall–Kier alpha value is -2.98. The lowest BCUT2D eigenvalue weighted by Crippen LogP contribution is -2.25. The van der Waals surface area contributed by atoms with Gasteiger partial charge in [-0.3, -0.25) is 4.79 Å². The van der Waals surface area contributed by atoms with Gasteiger partial charge in [0.1, 0.15) is 10.5 Å². The number of esters is 1. The zero-order chi connectivity index (χ0) is 25.2. The average molecular weight is 524 g/mol. The number of para-hydroxylation sites is 1. The van der Waals surface area contributed by atoms with Crippen LogP contribution in [-0.2, 0) is 28.9 Å². The van der Waals surface area contributed by atoms with Crippen molar-refractivity contribution >= 4 is 62.0 Å². The molecule has 0 radical (unpaired) electrons. The largest absolute Gasteiger partial charge is 0.462 e. The van der Waals surface area contributed by atoms with Crippen LogP contribution in [0.4, 0.5) is 5.00 Å². The molecule has 10 heteroatoms. The third-order valence-corrected chi connectivity index (χ3v) is 8.89. The molecule has 1 N–H and O–H groups in total. The normalized spacial score (nSPS) is 14.1. The molecule has 36 heavy (non-hydrogen) atoms. The minimum atomic E-state index is -0.433. The Morgan fingerprint density at radius 2 is 1.97 bits per heavy atom. The zero-order valence-corrected chi connectivity index (χ0v) is 22.3. The van der Waals surface area contributed by atoms with Gasteiger partial charge in [0.15, 0.2) is 5.65 Å². The number of benzene rings is 1. The summed E-state index contributed by atoms with van der Waals surface area (Å²) in [6.45, 7) is 6.88. The molecule has 0 bridgehead atoms. The summed E-state index contributed by atoms with van der Waals surface area (Å²) >= 11 is 2.80. The van der Waals surface area contributed by atoms with Gasteiger partial charge in [-0.05, 0) is 57.6 Å². The molecule has 5 rings (SSSR count). The molecule has 1 atom stereocenters. The van der Waals surface area contributed by atoms with Crippen LogP contribution >= 0.6 is 23.1 Å². The summed E-state index contributed by atoms with van der Waals surface area (Å²) in [5, 5.41) is 13.5. The van der Waals surface area contributed by atoms with Crippen LogP contribution in [0.3, 0.4) is 0 Å². The van der Waals surface area contributed by atoms with Crippen molar-refractivity contribution in [2.75, 3.05) is 11.9 Å². The first-order valence-electron chi connectivity index (χ1n) is 12.5. The summed E-state index contributed by atoms with van der Waals surface area (Å²) in [4.78, 5) is 32.1. The molecule has 0 fully saturated rings. The number of thiophene rings is 1. The fraction of sp³-hybridized carbons (Fsp3) is 0.423. The van der Waals surface area contributed by atoms with E-state index in [1.165, 1.54) is 28.0 Å². The van der Waals surface area contributed by atoms with Crippen molar-refractivity contribution in [3.05, 3.63) is 40.3 Å². The van der Waals surface area contributed by atoms with Gasteiger partial charge in [0.25, 0.3) is 0 Å². The van der Waals surface area contributed by atoms with Gasteiger partial charge in [0.05, 0.1) is 22.9 Å². The average Bonchev–Trinajstić information content (AvgIpc) is 3.41. The Kier molecular flexibility index (Phi) is 7.25. The Morgan fingerprint density at radius 1 is 1.17 bits per heavy atom. The Balaban J connectivity index is 1.41. The summed E-state index contributed by atoms with van der Waals surface area (Å²) < 4.78 is 7.44. The molecule has 3 aromatic heterocycles. The highest BCUT2D eigenvalue weighted by atomic mass is 32.2. The fourth-order valence-corrected chi connectivity index (χ4v) is 6.87. The van der Waals surface area contributed by atoms with Gasteiger partial charge in [0, 0.05) is 16.8 Å². The van der Waals surface area contributed by atoms with E-state index in [4.69, 9.17) is 9.72 Å². The summed E-state index contributed by atoms with van der Waals surface area (Å²) in [5.41, 5.74) is 4.15. The van der Waals surface area contributed by atoms with E-state index < -0.39 is 5.25 Å². The topological polar surface area (TPSA) is 99.0 Å². The second-order valence-corrected chi connectivity index (χ2v) is 10.9. The molecular formula is C26H29N5O3S2. The molecule has 1 aliphatic carbocycles. The summed E-state index contributed by atoms with van der Waals surface area (Å²) in [5.74, 6) is -0.537. The maximum absolute atomic E-state index is 13.4. The lowest BCUT2D eigenvalue weighted by molar-refractivity contribution is -0.115. The number of thioether (sulfide) groups is 1. The number of carbonyl (C=O) groups is 2. The molecule has 1 aromatic carbocycles. The lowest BCUT2D eigenvalue weighted by atomic mass is 9.95. The minimum absolute atomic E-state index is 0.175. The van der Waals surface area contributed by atoms with Gasteiger partial charge in [0.2, 0.25) is 11.1 Å². The number of aromatic nitrogens is 4. The molecule has 0 saturated carbocycles. The number of carbonyl (C=O) groups excluding carboxylic acids is 2. The third kappa shape index (κ3) is 4.48. The van der Waals surface area contributed by atoms with E-state index in [9.17, 15) is 9.59 Å². The van der Waals surface area contributed by atoms with Gasteiger partial charge < -0.3 is 14.6 Å². The Morgan fingerprint density at radius 3 is 2.75 bits per heavy atom. The number of nitrogens with one attached hydrogen (secondary N) is 1. The van der Waals surface area contributed by atoms with Gasteiger partial charge in [-0.15, -0.1) is 21.5 Å². The van der Waals surface area contributed by atoms with Crippen molar-refractivity contribution in [1.82, 2.24) is 19.7 Å². The Bertz CT molecular complexity index is 1440. The standard InChI is InChI=1S/C26H29N5O3S2/c1-4-18(23(32)28-24-20(25(33)34-6-3)16-12-8-10-14-19(16)35-24)36-26-27-22-21(29-30-26)15-11-7-9-13-17(15)31(22)5-2/h7,9,11,13,18H,4-6,8,10,12,14H2,1-3H3,(H,28,32)/t18-/m1/s1. The van der Waals surface area contributed by atoms with E-state index in [0.29, 0.717) is 28.7 Å². The highest BCUT2D eigenvalue weighted by Gasteiger charge is 2.29. The smallest absolute Gasteiger partial charge is 0.341 e. The number of anilines is 1. The SMILES string of the molecule is CCOC(=O)c1c(NC(=O)[C@@H](CC)Sc2nnc3c4ccccc4n(CC)c3n2)sc2c1CCCC2. The number of hydrogen-bond donors (Lipinski definition) is 1. The molecule has 3 heterocycles. The van der Waals surface area contributed by atoms with Crippen LogP contribution in [0.5, 0.6) is 0 Å². The third-order valence-electron chi connectivity index (χ3n) is 6.47. The zero-order valence-electron chi connectivity index (χ0n) is 20.7. The molecule has 188 valence electrons.